The fourth-order valence-electron chi connectivity index (χ4n) is 1.86. The lowest BCUT2D eigenvalue weighted by Gasteiger charge is -2.20. The number of halogens is 1. The zero-order chi connectivity index (χ0) is 16.8. The molecule has 0 atom stereocenters. The molecule has 0 aliphatic carbocycles. The summed E-state index contributed by atoms with van der Waals surface area (Å²) in [6, 6.07) is 5.23. The third-order valence-electron chi connectivity index (χ3n) is 3.00. The van der Waals surface area contributed by atoms with Crippen molar-refractivity contribution in [2.45, 2.75) is 6.42 Å². The summed E-state index contributed by atoms with van der Waals surface area (Å²) in [5.74, 6) is -0.463. The molecule has 0 fully saturated rings. The Hall–Kier alpha value is -3.03. The van der Waals surface area contributed by atoms with Crippen molar-refractivity contribution in [3.8, 4) is 5.75 Å². The average molecular weight is 320 g/mol. The van der Waals surface area contributed by atoms with Crippen LogP contribution >= 0.6 is 0 Å². The molecule has 0 radical (unpaired) electrons. The smallest absolute Gasteiger partial charge is 0.323 e. The normalized spacial score (nSPS) is 14.1. The molecule has 122 valence electrons. The van der Waals surface area contributed by atoms with Crippen LogP contribution in [0.3, 0.4) is 0 Å². The van der Waals surface area contributed by atoms with Gasteiger partial charge in [-0.3, -0.25) is 4.79 Å². The molecule has 0 unspecified atom stereocenters. The van der Waals surface area contributed by atoms with Crippen LogP contribution in [0.2, 0.25) is 0 Å². The summed E-state index contributed by atoms with van der Waals surface area (Å²) in [5.41, 5.74) is 5.91. The van der Waals surface area contributed by atoms with Crippen molar-refractivity contribution in [1.29, 1.82) is 0 Å². The van der Waals surface area contributed by atoms with Gasteiger partial charge in [0, 0.05) is 12.6 Å². The third-order valence-corrected chi connectivity index (χ3v) is 3.00. The number of carbonyl (C=O) groups excluding carboxylic acids is 2. The lowest BCUT2D eigenvalue weighted by molar-refractivity contribution is -0.117. The summed E-state index contributed by atoms with van der Waals surface area (Å²) < 4.78 is 18.3. The molecule has 5 N–H and O–H groups in total. The summed E-state index contributed by atoms with van der Waals surface area (Å²) in [6.45, 7) is 4.15. The number of carbonyl (C=O) groups is 2. The van der Waals surface area contributed by atoms with Gasteiger partial charge in [0.1, 0.15) is 17.3 Å². The van der Waals surface area contributed by atoms with E-state index in [1.54, 1.807) is 12.1 Å². The van der Waals surface area contributed by atoms with Gasteiger partial charge in [-0.1, -0.05) is 12.6 Å². The molecule has 0 bridgehead atoms. The van der Waals surface area contributed by atoms with E-state index in [9.17, 15) is 14.0 Å². The van der Waals surface area contributed by atoms with E-state index in [4.69, 9.17) is 10.5 Å². The standard InChI is InChI=1S/C15H17FN4O3/c1-9-12(17)13(20-15(22)19-9)14(21)18-6-3-7-23-11-5-2-4-10(16)8-11/h2,4-5,8H,1,3,6-7,17H2,(H,18,21)(H2,19,20,22). The van der Waals surface area contributed by atoms with Crippen LogP contribution in [0, 0.1) is 5.82 Å². The zero-order valence-electron chi connectivity index (χ0n) is 12.3. The molecule has 0 saturated heterocycles. The molecule has 0 aromatic heterocycles. The maximum atomic E-state index is 13.0. The highest BCUT2D eigenvalue weighted by Gasteiger charge is 2.23. The van der Waals surface area contributed by atoms with Crippen molar-refractivity contribution in [1.82, 2.24) is 16.0 Å². The van der Waals surface area contributed by atoms with Gasteiger partial charge in [0.2, 0.25) is 0 Å². The Labute approximate surface area is 132 Å². The van der Waals surface area contributed by atoms with Gasteiger partial charge in [-0.25, -0.2) is 9.18 Å². The minimum atomic E-state index is -0.566. The molecule has 1 aliphatic heterocycles. The van der Waals surface area contributed by atoms with E-state index in [0.717, 1.165) is 0 Å². The van der Waals surface area contributed by atoms with Crippen LogP contribution in [0.25, 0.3) is 0 Å². The van der Waals surface area contributed by atoms with Gasteiger partial charge < -0.3 is 26.4 Å². The van der Waals surface area contributed by atoms with Crippen molar-refractivity contribution in [2.24, 2.45) is 5.73 Å². The number of hydrogen-bond acceptors (Lipinski definition) is 4. The maximum Gasteiger partial charge on any atom is 0.323 e. The Morgan fingerprint density at radius 1 is 1.39 bits per heavy atom. The first-order valence-electron chi connectivity index (χ1n) is 6.91. The Bertz CT molecular complexity index is 672. The van der Waals surface area contributed by atoms with E-state index < -0.39 is 11.9 Å². The van der Waals surface area contributed by atoms with E-state index in [0.29, 0.717) is 25.3 Å². The first kappa shape index (κ1) is 16.3. The van der Waals surface area contributed by atoms with E-state index in [1.807, 2.05) is 0 Å². The van der Waals surface area contributed by atoms with Crippen LogP contribution < -0.4 is 26.4 Å². The molecule has 1 aromatic rings. The molecule has 0 spiro atoms. The minimum Gasteiger partial charge on any atom is -0.493 e. The van der Waals surface area contributed by atoms with Crippen LogP contribution in [-0.4, -0.2) is 25.1 Å². The van der Waals surface area contributed by atoms with E-state index in [-0.39, 0.29) is 22.9 Å². The van der Waals surface area contributed by atoms with Gasteiger partial charge in [0.05, 0.1) is 18.0 Å². The van der Waals surface area contributed by atoms with Crippen LogP contribution in [0.5, 0.6) is 5.75 Å². The highest BCUT2D eigenvalue weighted by Crippen LogP contribution is 2.12. The molecule has 7 nitrogen and oxygen atoms in total. The van der Waals surface area contributed by atoms with Gasteiger partial charge in [0.25, 0.3) is 5.91 Å². The number of ether oxygens (including phenoxy) is 1. The topological polar surface area (TPSA) is 105 Å². The largest absolute Gasteiger partial charge is 0.493 e. The van der Waals surface area contributed by atoms with E-state index in [2.05, 4.69) is 22.5 Å². The third kappa shape index (κ3) is 4.47. The number of nitrogens with one attached hydrogen (secondary N) is 3. The first-order valence-corrected chi connectivity index (χ1v) is 6.91. The molecular formula is C15H17FN4O3. The van der Waals surface area contributed by atoms with Crippen LogP contribution in [-0.2, 0) is 4.79 Å². The summed E-state index contributed by atoms with van der Waals surface area (Å²) in [6.07, 6.45) is 0.503. The van der Waals surface area contributed by atoms with Crippen molar-refractivity contribution in [3.63, 3.8) is 0 Å². The number of hydrogen-bond donors (Lipinski definition) is 4. The number of urea groups is 1. The Kier molecular flexibility index (Phi) is 5.19. The zero-order valence-corrected chi connectivity index (χ0v) is 12.3. The molecule has 1 aliphatic rings. The Morgan fingerprint density at radius 3 is 2.91 bits per heavy atom. The predicted octanol–water partition coefficient (Wildman–Crippen LogP) is 0.708. The fraction of sp³-hybridized carbons (Fsp3) is 0.200. The highest BCUT2D eigenvalue weighted by molar-refractivity contribution is 6.00. The lowest BCUT2D eigenvalue weighted by atomic mass is 10.2. The summed E-state index contributed by atoms with van der Waals surface area (Å²) in [7, 11) is 0. The highest BCUT2D eigenvalue weighted by atomic mass is 19.1. The summed E-state index contributed by atoms with van der Waals surface area (Å²) >= 11 is 0. The average Bonchev–Trinajstić information content (AvgIpc) is 2.50. The van der Waals surface area contributed by atoms with Crippen molar-refractivity contribution in [3.05, 3.63) is 53.8 Å². The van der Waals surface area contributed by atoms with Gasteiger partial charge in [-0.05, 0) is 18.6 Å². The molecule has 1 heterocycles. The monoisotopic (exact) mass is 320 g/mol. The summed E-state index contributed by atoms with van der Waals surface area (Å²) in [4.78, 5) is 23.2. The second kappa shape index (κ2) is 7.30. The van der Waals surface area contributed by atoms with Gasteiger partial charge in [0.15, 0.2) is 0 Å². The van der Waals surface area contributed by atoms with Crippen LogP contribution in [0.1, 0.15) is 6.42 Å². The molecule has 1 aromatic carbocycles. The Balaban J connectivity index is 1.76. The van der Waals surface area contributed by atoms with Crippen molar-refractivity contribution in [2.75, 3.05) is 13.2 Å². The molecule has 8 heteroatoms. The van der Waals surface area contributed by atoms with Gasteiger partial charge >= 0.3 is 6.03 Å². The minimum absolute atomic E-state index is 0.0372. The Morgan fingerprint density at radius 2 is 2.17 bits per heavy atom. The van der Waals surface area contributed by atoms with Gasteiger partial charge in [-0.15, -0.1) is 0 Å². The number of nitrogens with two attached hydrogens (primary N) is 1. The number of amides is 3. The quantitative estimate of drug-likeness (QED) is 0.579. The van der Waals surface area contributed by atoms with Crippen molar-refractivity contribution >= 4 is 11.9 Å². The maximum absolute atomic E-state index is 13.0. The molecule has 23 heavy (non-hydrogen) atoms. The second-order valence-corrected chi connectivity index (χ2v) is 4.76. The lowest BCUT2D eigenvalue weighted by Crippen LogP contribution is -2.47. The fourth-order valence-corrected chi connectivity index (χ4v) is 1.86. The van der Waals surface area contributed by atoms with Gasteiger partial charge in [-0.2, -0.15) is 0 Å². The first-order chi connectivity index (χ1) is 11.0. The molecule has 3 amide bonds. The second-order valence-electron chi connectivity index (χ2n) is 4.76. The number of rotatable bonds is 6. The van der Waals surface area contributed by atoms with E-state index >= 15 is 0 Å². The van der Waals surface area contributed by atoms with E-state index in [1.165, 1.54) is 12.1 Å². The van der Waals surface area contributed by atoms with Crippen molar-refractivity contribution < 1.29 is 18.7 Å². The van der Waals surface area contributed by atoms with Crippen LogP contribution in [0.4, 0.5) is 9.18 Å². The predicted molar refractivity (Wildman–Crippen MR) is 81.5 cm³/mol. The number of benzene rings is 1. The summed E-state index contributed by atoms with van der Waals surface area (Å²) in [5, 5.41) is 7.29. The SMILES string of the molecule is C=C1NC(=O)NC(C(=O)NCCCOc2cccc(F)c2)=C1N. The molecule has 0 saturated carbocycles. The molecule has 2 rings (SSSR count). The van der Waals surface area contributed by atoms with Crippen LogP contribution in [0.15, 0.2) is 47.9 Å². The molecular weight excluding hydrogens is 303 g/mol.